The van der Waals surface area contributed by atoms with Crippen LogP contribution in [0.25, 0.3) is 11.3 Å². The molecule has 3 heterocycles. The second-order valence-electron chi connectivity index (χ2n) is 6.60. The number of carboxylic acids is 1. The van der Waals surface area contributed by atoms with Gasteiger partial charge < -0.3 is 15.2 Å². The number of hydrogen-bond acceptors (Lipinski definition) is 5. The van der Waals surface area contributed by atoms with E-state index >= 15 is 0 Å². The van der Waals surface area contributed by atoms with E-state index < -0.39 is 17.8 Å². The maximum atomic E-state index is 13.1. The third-order valence-corrected chi connectivity index (χ3v) is 5.89. The molecular formula is C18H17FN2O4S. The standard InChI is InChI=1S/C18H17FN2O4S/c1-8-15(9-2-4-10(19)5-3-9)20-18(26-8)21-16(22)13-11-6-7-12(25-11)14(13)17(23)24/h2-5,11-14H,6-7H2,1H3,(H,23,24)(H,20,21,22)/t11-,12+,13+,14+/m1/s1. The van der Waals surface area contributed by atoms with Gasteiger partial charge >= 0.3 is 5.97 Å². The Balaban J connectivity index is 1.54. The number of nitrogens with zero attached hydrogens (tertiary/aromatic N) is 1. The summed E-state index contributed by atoms with van der Waals surface area (Å²) in [5.41, 5.74) is 1.43. The summed E-state index contributed by atoms with van der Waals surface area (Å²) >= 11 is 1.31. The largest absolute Gasteiger partial charge is 0.481 e. The Morgan fingerprint density at radius 3 is 2.54 bits per heavy atom. The predicted octanol–water partition coefficient (Wildman–Crippen LogP) is 3.07. The van der Waals surface area contributed by atoms with Crippen LogP contribution in [0.15, 0.2) is 24.3 Å². The van der Waals surface area contributed by atoms with E-state index in [1.807, 2.05) is 6.92 Å². The molecule has 4 atom stereocenters. The molecule has 2 saturated heterocycles. The summed E-state index contributed by atoms with van der Waals surface area (Å²) in [5, 5.41) is 12.6. The van der Waals surface area contributed by atoms with Gasteiger partial charge in [0.25, 0.3) is 0 Å². The van der Waals surface area contributed by atoms with Crippen molar-refractivity contribution in [3.63, 3.8) is 0 Å². The summed E-state index contributed by atoms with van der Waals surface area (Å²) in [6.07, 6.45) is 0.639. The van der Waals surface area contributed by atoms with Gasteiger partial charge in [-0.25, -0.2) is 9.37 Å². The number of hydrogen-bond donors (Lipinski definition) is 2. The molecule has 1 amide bonds. The smallest absolute Gasteiger partial charge is 0.310 e. The zero-order valence-electron chi connectivity index (χ0n) is 13.9. The molecule has 26 heavy (non-hydrogen) atoms. The summed E-state index contributed by atoms with van der Waals surface area (Å²) in [4.78, 5) is 29.5. The lowest BCUT2D eigenvalue weighted by atomic mass is 9.79. The van der Waals surface area contributed by atoms with Gasteiger partial charge in [-0.15, -0.1) is 11.3 Å². The number of aliphatic carboxylic acids is 1. The molecule has 2 aromatic rings. The van der Waals surface area contributed by atoms with Crippen LogP contribution in [0, 0.1) is 24.6 Å². The van der Waals surface area contributed by atoms with Crippen molar-refractivity contribution >= 4 is 28.3 Å². The molecule has 0 radical (unpaired) electrons. The Morgan fingerprint density at radius 1 is 1.23 bits per heavy atom. The highest BCUT2D eigenvalue weighted by molar-refractivity contribution is 7.16. The van der Waals surface area contributed by atoms with Crippen LogP contribution >= 0.6 is 11.3 Å². The molecule has 0 aliphatic carbocycles. The fraction of sp³-hybridized carbons (Fsp3) is 0.389. The van der Waals surface area contributed by atoms with Gasteiger partial charge in [0.15, 0.2) is 5.13 Å². The molecule has 1 aromatic heterocycles. The molecule has 1 aromatic carbocycles. The molecule has 2 aliphatic rings. The van der Waals surface area contributed by atoms with Gasteiger partial charge in [0.05, 0.1) is 29.7 Å². The molecule has 2 fully saturated rings. The van der Waals surface area contributed by atoms with Gasteiger partial charge in [0.1, 0.15) is 5.82 Å². The van der Waals surface area contributed by atoms with Crippen LogP contribution in [-0.2, 0) is 14.3 Å². The van der Waals surface area contributed by atoms with Gasteiger partial charge in [0.2, 0.25) is 5.91 Å². The van der Waals surface area contributed by atoms with Crippen molar-refractivity contribution in [2.24, 2.45) is 11.8 Å². The Morgan fingerprint density at radius 2 is 1.88 bits per heavy atom. The number of anilines is 1. The van der Waals surface area contributed by atoms with E-state index in [2.05, 4.69) is 10.3 Å². The predicted molar refractivity (Wildman–Crippen MR) is 93.4 cm³/mol. The number of fused-ring (bicyclic) bond motifs is 2. The third-order valence-electron chi connectivity index (χ3n) is 5.01. The zero-order valence-corrected chi connectivity index (χ0v) is 14.8. The molecule has 4 rings (SSSR count). The molecular weight excluding hydrogens is 359 g/mol. The lowest BCUT2D eigenvalue weighted by Crippen LogP contribution is -2.40. The highest BCUT2D eigenvalue weighted by atomic mass is 32.1. The fourth-order valence-electron chi connectivity index (χ4n) is 3.84. The first-order valence-corrected chi connectivity index (χ1v) is 9.18. The number of nitrogens with one attached hydrogen (secondary N) is 1. The normalized spacial score (nSPS) is 26.8. The quantitative estimate of drug-likeness (QED) is 0.856. The molecule has 0 saturated carbocycles. The third kappa shape index (κ3) is 2.89. The summed E-state index contributed by atoms with van der Waals surface area (Å²) in [5.74, 6) is -3.22. The lowest BCUT2D eigenvalue weighted by Gasteiger charge is -2.23. The minimum absolute atomic E-state index is 0.328. The van der Waals surface area contributed by atoms with E-state index in [0.717, 1.165) is 10.4 Å². The van der Waals surface area contributed by atoms with Crippen LogP contribution in [0.2, 0.25) is 0 Å². The number of halogens is 1. The molecule has 2 bridgehead atoms. The maximum Gasteiger partial charge on any atom is 0.310 e. The Bertz CT molecular complexity index is 867. The van der Waals surface area contributed by atoms with E-state index in [-0.39, 0.29) is 23.9 Å². The van der Waals surface area contributed by atoms with Crippen molar-refractivity contribution in [1.29, 1.82) is 0 Å². The van der Waals surface area contributed by atoms with Crippen LogP contribution < -0.4 is 5.32 Å². The number of rotatable bonds is 4. The van der Waals surface area contributed by atoms with Crippen molar-refractivity contribution in [1.82, 2.24) is 4.98 Å². The number of carbonyl (C=O) groups excluding carboxylic acids is 1. The van der Waals surface area contributed by atoms with Gasteiger partial charge in [-0.3, -0.25) is 9.59 Å². The second kappa shape index (κ2) is 6.44. The fourth-order valence-corrected chi connectivity index (χ4v) is 4.68. The summed E-state index contributed by atoms with van der Waals surface area (Å²) < 4.78 is 18.7. The summed E-state index contributed by atoms with van der Waals surface area (Å²) in [7, 11) is 0. The Labute approximate surface area is 153 Å². The summed E-state index contributed by atoms with van der Waals surface area (Å²) in [6.45, 7) is 1.87. The first-order chi connectivity index (χ1) is 12.4. The Kier molecular flexibility index (Phi) is 4.24. The van der Waals surface area contributed by atoms with Gasteiger partial charge in [0, 0.05) is 10.4 Å². The lowest BCUT2D eigenvalue weighted by molar-refractivity contribution is -0.147. The number of thiazole rings is 1. The minimum Gasteiger partial charge on any atom is -0.481 e. The molecule has 0 unspecified atom stereocenters. The minimum atomic E-state index is -1.00. The van der Waals surface area contributed by atoms with E-state index in [1.54, 1.807) is 12.1 Å². The van der Waals surface area contributed by atoms with E-state index in [1.165, 1.54) is 23.5 Å². The van der Waals surface area contributed by atoms with E-state index in [0.29, 0.717) is 23.7 Å². The van der Waals surface area contributed by atoms with Crippen LogP contribution in [0.1, 0.15) is 17.7 Å². The molecule has 2 N–H and O–H groups in total. The maximum absolute atomic E-state index is 13.1. The molecule has 2 aliphatic heterocycles. The average molecular weight is 376 g/mol. The zero-order chi connectivity index (χ0) is 18.4. The number of benzene rings is 1. The monoisotopic (exact) mass is 376 g/mol. The topological polar surface area (TPSA) is 88.5 Å². The van der Waals surface area contributed by atoms with Crippen molar-refractivity contribution in [2.75, 3.05) is 5.32 Å². The van der Waals surface area contributed by atoms with Gasteiger partial charge in [-0.2, -0.15) is 0 Å². The van der Waals surface area contributed by atoms with Crippen molar-refractivity contribution in [3.8, 4) is 11.3 Å². The number of amides is 1. The first kappa shape index (κ1) is 17.1. The van der Waals surface area contributed by atoms with Gasteiger partial charge in [-0.05, 0) is 44.0 Å². The molecule has 0 spiro atoms. The van der Waals surface area contributed by atoms with Crippen molar-refractivity contribution < 1.29 is 23.8 Å². The number of ether oxygens (including phenoxy) is 1. The van der Waals surface area contributed by atoms with Crippen LogP contribution in [-0.4, -0.2) is 34.2 Å². The summed E-state index contributed by atoms with van der Waals surface area (Å²) in [6, 6.07) is 5.98. The highest BCUT2D eigenvalue weighted by Crippen LogP contribution is 2.44. The SMILES string of the molecule is Cc1sc(NC(=O)[C@@H]2[C@@H](C(=O)O)[C@@H]3CC[C@H]2O3)nc1-c1ccc(F)cc1. The number of carbonyl (C=O) groups is 2. The second-order valence-corrected chi connectivity index (χ2v) is 7.80. The number of carboxylic acid groups (broad SMARTS) is 1. The average Bonchev–Trinajstić information content (AvgIpc) is 3.29. The molecule has 6 nitrogen and oxygen atoms in total. The van der Waals surface area contributed by atoms with Crippen LogP contribution in [0.3, 0.4) is 0 Å². The van der Waals surface area contributed by atoms with E-state index in [9.17, 15) is 19.1 Å². The number of aryl methyl sites for hydroxylation is 1. The van der Waals surface area contributed by atoms with Crippen LogP contribution in [0.4, 0.5) is 9.52 Å². The van der Waals surface area contributed by atoms with Crippen molar-refractivity contribution in [2.45, 2.75) is 32.0 Å². The molecule has 136 valence electrons. The van der Waals surface area contributed by atoms with E-state index in [4.69, 9.17) is 4.74 Å². The van der Waals surface area contributed by atoms with Crippen molar-refractivity contribution in [3.05, 3.63) is 35.0 Å². The van der Waals surface area contributed by atoms with Crippen LogP contribution in [0.5, 0.6) is 0 Å². The Hall–Kier alpha value is -2.32. The number of aromatic nitrogens is 1. The first-order valence-electron chi connectivity index (χ1n) is 8.36. The molecule has 8 heteroatoms. The highest BCUT2D eigenvalue weighted by Gasteiger charge is 2.55. The van der Waals surface area contributed by atoms with Gasteiger partial charge in [-0.1, -0.05) is 0 Å².